The van der Waals surface area contributed by atoms with Crippen molar-refractivity contribution in [2.75, 3.05) is 49.2 Å². The van der Waals surface area contributed by atoms with Gasteiger partial charge in [0, 0.05) is 24.2 Å². The van der Waals surface area contributed by atoms with Gasteiger partial charge in [0.05, 0.1) is 73.1 Å². The Kier molecular flexibility index (Phi) is 10.3. The number of esters is 1. The Bertz CT molecular complexity index is 2100. The molecular formula is C39H40N2O10. The molecule has 12 nitrogen and oxygen atoms in total. The van der Waals surface area contributed by atoms with E-state index in [1.807, 2.05) is 48.5 Å². The number of pyridine rings is 1. The van der Waals surface area contributed by atoms with Crippen molar-refractivity contribution in [3.8, 4) is 34.5 Å². The first-order valence-electron chi connectivity index (χ1n) is 16.3. The number of hydrogen-bond donors (Lipinski definition) is 1. The molecule has 0 saturated heterocycles. The van der Waals surface area contributed by atoms with E-state index in [-0.39, 0.29) is 18.7 Å². The van der Waals surface area contributed by atoms with Crippen molar-refractivity contribution >= 4 is 16.9 Å². The highest BCUT2D eigenvalue weighted by Crippen LogP contribution is 2.46. The molecule has 2 aromatic heterocycles. The van der Waals surface area contributed by atoms with Crippen LogP contribution in [0.4, 0.5) is 0 Å². The third-order valence-corrected chi connectivity index (χ3v) is 9.31. The monoisotopic (exact) mass is 696 g/mol. The molecule has 0 fully saturated rings. The summed E-state index contributed by atoms with van der Waals surface area (Å²) in [5.41, 5.74) is 3.54. The first kappa shape index (κ1) is 35.1. The highest BCUT2D eigenvalue weighted by Gasteiger charge is 2.34. The molecule has 3 heterocycles. The summed E-state index contributed by atoms with van der Waals surface area (Å²) in [6, 6.07) is 17.8. The molecule has 1 aliphatic heterocycles. The Morgan fingerprint density at radius 1 is 0.902 bits per heavy atom. The zero-order valence-electron chi connectivity index (χ0n) is 29.3. The summed E-state index contributed by atoms with van der Waals surface area (Å²) in [5.74, 6) is 0.891. The zero-order valence-corrected chi connectivity index (χ0v) is 29.3. The van der Waals surface area contributed by atoms with Gasteiger partial charge < -0.3 is 37.9 Å². The third kappa shape index (κ3) is 6.74. The summed E-state index contributed by atoms with van der Waals surface area (Å²) >= 11 is 0. The van der Waals surface area contributed by atoms with Gasteiger partial charge in [0.2, 0.25) is 16.9 Å². The molecule has 3 aromatic carbocycles. The number of benzene rings is 3. The molecule has 1 N–H and O–H groups in total. The van der Waals surface area contributed by atoms with Gasteiger partial charge in [0.15, 0.2) is 28.8 Å². The fraction of sp³-hybridized carbons (Fsp3) is 0.308. The molecule has 266 valence electrons. The Labute approximate surface area is 295 Å². The molecule has 1 aliphatic rings. The third-order valence-electron chi connectivity index (χ3n) is 9.31. The van der Waals surface area contributed by atoms with Crippen LogP contribution in [0.5, 0.6) is 34.5 Å². The zero-order chi connectivity index (χ0) is 36.2. The minimum absolute atomic E-state index is 0.0348. The summed E-state index contributed by atoms with van der Waals surface area (Å²) in [7, 11) is 9.14. The minimum Gasteiger partial charge on any atom is -0.502 e. The topological polar surface area (TPSA) is 139 Å². The quantitative estimate of drug-likeness (QED) is 0.158. The number of rotatable bonds is 12. The van der Waals surface area contributed by atoms with Gasteiger partial charge in [-0.2, -0.15) is 0 Å². The summed E-state index contributed by atoms with van der Waals surface area (Å²) in [4.78, 5) is 32.8. The lowest BCUT2D eigenvalue weighted by molar-refractivity contribution is -0.140. The van der Waals surface area contributed by atoms with Crippen LogP contribution >= 0.6 is 0 Å². The van der Waals surface area contributed by atoms with Gasteiger partial charge >= 0.3 is 5.97 Å². The molecule has 0 saturated carbocycles. The molecule has 0 bridgehead atoms. The van der Waals surface area contributed by atoms with E-state index in [4.69, 9.17) is 32.8 Å². The van der Waals surface area contributed by atoms with Gasteiger partial charge in [-0.15, -0.1) is 0 Å². The number of carbonyl (C=O) groups is 1. The van der Waals surface area contributed by atoms with Crippen molar-refractivity contribution in [1.82, 2.24) is 9.88 Å². The number of hydrogen-bond acceptors (Lipinski definition) is 12. The maximum absolute atomic E-state index is 13.5. The molecule has 0 radical (unpaired) electrons. The molecule has 12 heteroatoms. The van der Waals surface area contributed by atoms with Crippen molar-refractivity contribution in [2.45, 2.75) is 31.3 Å². The van der Waals surface area contributed by atoms with Gasteiger partial charge in [-0.25, -0.2) is 0 Å². The van der Waals surface area contributed by atoms with E-state index < -0.39 is 29.1 Å². The second-order valence-electron chi connectivity index (χ2n) is 12.0. The van der Waals surface area contributed by atoms with Crippen LogP contribution in [0.3, 0.4) is 0 Å². The van der Waals surface area contributed by atoms with E-state index >= 15 is 0 Å². The van der Waals surface area contributed by atoms with E-state index in [0.29, 0.717) is 58.6 Å². The van der Waals surface area contributed by atoms with Crippen LogP contribution in [0.15, 0.2) is 76.1 Å². The number of ether oxygens (including phenoxy) is 6. The van der Waals surface area contributed by atoms with Crippen LogP contribution in [-0.2, 0) is 22.5 Å². The molecule has 0 amide bonds. The van der Waals surface area contributed by atoms with Crippen LogP contribution in [0, 0.1) is 0 Å². The van der Waals surface area contributed by atoms with Gasteiger partial charge in [-0.05, 0) is 65.1 Å². The van der Waals surface area contributed by atoms with Gasteiger partial charge in [0.25, 0.3) is 0 Å². The molecule has 5 aromatic rings. The summed E-state index contributed by atoms with van der Waals surface area (Å²) < 4.78 is 39.9. The number of nitrogens with zero attached hydrogens (tertiary/aromatic N) is 2. The lowest BCUT2D eigenvalue weighted by atomic mass is 9.87. The van der Waals surface area contributed by atoms with Crippen LogP contribution in [0.1, 0.15) is 52.2 Å². The standard InChI is InChI=1S/C39H40N2O10/c1-45-31-15-22-12-14-41(36(27(22)19-32(31)46-2)23-16-33(47-3)39(50-6)34(17-23)48-4)21-24-18-30(42)37(44)38(51-24)28(20-35(43)49-5)25-11-13-40-29-10-8-7-9-26(25)29/h7-11,13,15-19,28,36,44H,12,14,20-21H2,1-6H3/t28-,36+/m1/s1. The highest BCUT2D eigenvalue weighted by molar-refractivity contribution is 5.84. The van der Waals surface area contributed by atoms with E-state index in [0.717, 1.165) is 22.1 Å². The Morgan fingerprint density at radius 3 is 2.25 bits per heavy atom. The first-order chi connectivity index (χ1) is 24.7. The summed E-state index contributed by atoms with van der Waals surface area (Å²) in [6.07, 6.45) is 2.09. The second kappa shape index (κ2) is 15.0. The summed E-state index contributed by atoms with van der Waals surface area (Å²) in [5, 5.41) is 11.9. The smallest absolute Gasteiger partial charge is 0.306 e. The maximum atomic E-state index is 13.5. The van der Waals surface area contributed by atoms with Crippen molar-refractivity contribution in [1.29, 1.82) is 0 Å². The Balaban J connectivity index is 1.50. The van der Waals surface area contributed by atoms with E-state index in [2.05, 4.69) is 9.88 Å². The Hall–Kier alpha value is -5.75. The maximum Gasteiger partial charge on any atom is 0.306 e. The lowest BCUT2D eigenvalue weighted by Crippen LogP contribution is -2.36. The minimum atomic E-state index is -0.845. The van der Waals surface area contributed by atoms with Crippen molar-refractivity contribution in [3.05, 3.63) is 111 Å². The number of aromatic hydroxyl groups is 1. The predicted molar refractivity (Wildman–Crippen MR) is 188 cm³/mol. The van der Waals surface area contributed by atoms with E-state index in [1.165, 1.54) is 13.2 Å². The van der Waals surface area contributed by atoms with Crippen LogP contribution in [0.2, 0.25) is 0 Å². The average molecular weight is 697 g/mol. The first-order valence-corrected chi connectivity index (χ1v) is 16.3. The highest BCUT2D eigenvalue weighted by atomic mass is 16.5. The van der Waals surface area contributed by atoms with Crippen LogP contribution < -0.4 is 29.1 Å². The Morgan fingerprint density at radius 2 is 1.59 bits per heavy atom. The fourth-order valence-electron chi connectivity index (χ4n) is 6.90. The van der Waals surface area contributed by atoms with Crippen molar-refractivity contribution in [3.63, 3.8) is 0 Å². The molecule has 0 spiro atoms. The SMILES string of the molecule is COC(=O)C[C@@H](c1oc(CN2CCc3cc(OC)c(OC)cc3[C@@H]2c2cc(OC)c(OC)c(OC)c2)cc(=O)c1O)c1ccnc2ccccc12. The number of fused-ring (bicyclic) bond motifs is 2. The van der Waals surface area contributed by atoms with Crippen LogP contribution in [0.25, 0.3) is 10.9 Å². The van der Waals surface area contributed by atoms with Gasteiger partial charge in [-0.3, -0.25) is 19.5 Å². The number of carbonyl (C=O) groups excluding carboxylic acids is 1. The van der Waals surface area contributed by atoms with E-state index in [1.54, 1.807) is 47.8 Å². The van der Waals surface area contributed by atoms with Gasteiger partial charge in [-0.1, -0.05) is 18.2 Å². The van der Waals surface area contributed by atoms with E-state index in [9.17, 15) is 14.7 Å². The molecule has 2 atom stereocenters. The predicted octanol–water partition coefficient (Wildman–Crippen LogP) is 5.78. The summed E-state index contributed by atoms with van der Waals surface area (Å²) in [6.45, 7) is 0.726. The normalized spacial score (nSPS) is 14.7. The van der Waals surface area contributed by atoms with Crippen molar-refractivity contribution in [2.24, 2.45) is 0 Å². The molecular weight excluding hydrogens is 656 g/mol. The average Bonchev–Trinajstić information content (AvgIpc) is 3.16. The van der Waals surface area contributed by atoms with Gasteiger partial charge in [0.1, 0.15) is 5.76 Å². The number of para-hydroxylation sites is 1. The molecule has 51 heavy (non-hydrogen) atoms. The molecule has 6 rings (SSSR count). The number of aromatic nitrogens is 1. The molecule has 0 aliphatic carbocycles. The lowest BCUT2D eigenvalue weighted by Gasteiger charge is -2.38. The fourth-order valence-corrected chi connectivity index (χ4v) is 6.90. The van der Waals surface area contributed by atoms with Crippen molar-refractivity contribution < 1.29 is 42.7 Å². The number of methoxy groups -OCH3 is 6. The largest absolute Gasteiger partial charge is 0.502 e. The van der Waals surface area contributed by atoms with Crippen LogP contribution in [-0.4, -0.2) is 70.2 Å². The second-order valence-corrected chi connectivity index (χ2v) is 12.0. The molecule has 0 unspecified atom stereocenters.